The molecule has 1 heterocycles. The molecule has 0 aromatic carbocycles. The van der Waals surface area contributed by atoms with Crippen LogP contribution in [0.25, 0.3) is 0 Å². The summed E-state index contributed by atoms with van der Waals surface area (Å²) in [5, 5.41) is 2.58. The molecule has 0 aromatic heterocycles. The van der Waals surface area contributed by atoms with E-state index in [1.54, 1.807) is 0 Å². The first-order valence-corrected chi connectivity index (χ1v) is 7.87. The average molecular weight is 312 g/mol. The van der Waals surface area contributed by atoms with Gasteiger partial charge in [-0.3, -0.25) is 14.4 Å². The molecule has 22 heavy (non-hydrogen) atoms. The molecule has 2 rings (SSSR count). The quantitative estimate of drug-likeness (QED) is 0.857. The van der Waals surface area contributed by atoms with Gasteiger partial charge in [-0.05, 0) is 38.0 Å². The molecule has 0 radical (unpaired) electrons. The lowest BCUT2D eigenvalue weighted by molar-refractivity contribution is -0.144. The van der Waals surface area contributed by atoms with Crippen molar-refractivity contribution in [2.24, 2.45) is 5.41 Å². The molecule has 2 unspecified atom stereocenters. The van der Waals surface area contributed by atoms with Crippen LogP contribution in [0.5, 0.6) is 0 Å². The summed E-state index contributed by atoms with van der Waals surface area (Å²) in [7, 11) is 0. The Balaban J connectivity index is 2.16. The number of carbonyl (C=O) groups excluding carboxylic acids is 3. The second-order valence-electron chi connectivity index (χ2n) is 7.54. The summed E-state index contributed by atoms with van der Waals surface area (Å²) in [5.74, 6) is -1.05. The largest absolute Gasteiger partial charge is 0.341 e. The molecule has 0 spiro atoms. The molecule has 2 fully saturated rings. The van der Waals surface area contributed by atoms with Gasteiger partial charge in [-0.25, -0.2) is 4.39 Å². The Morgan fingerprint density at radius 1 is 1.27 bits per heavy atom. The minimum absolute atomic E-state index is 0.0472. The Morgan fingerprint density at radius 2 is 1.86 bits per heavy atom. The smallest absolute Gasteiger partial charge is 0.258 e. The number of alkyl halides is 1. The molecule has 1 saturated carbocycles. The van der Waals surface area contributed by atoms with Crippen molar-refractivity contribution < 1.29 is 18.8 Å². The number of ketones is 1. The SMILES string of the molecule is CC(=O)C1CCCN1C(=O)C(NC(=O)C1(F)CC1)C(C)(C)C. The standard InChI is InChI=1S/C16H25FN2O3/c1-10(20)11-6-5-9-19(11)13(21)12(15(2,3)4)18-14(22)16(17)7-8-16/h11-12H,5-9H2,1-4H3,(H,18,22). The second-order valence-corrected chi connectivity index (χ2v) is 7.54. The molecule has 1 aliphatic heterocycles. The first-order chi connectivity index (χ1) is 10.1. The summed E-state index contributed by atoms with van der Waals surface area (Å²) in [4.78, 5) is 38.0. The molecule has 1 aliphatic carbocycles. The second kappa shape index (κ2) is 5.63. The molecule has 6 heteroatoms. The number of nitrogens with zero attached hydrogens (tertiary/aromatic N) is 1. The van der Waals surface area contributed by atoms with Gasteiger partial charge in [0.2, 0.25) is 5.91 Å². The molecule has 0 bridgehead atoms. The van der Waals surface area contributed by atoms with Crippen molar-refractivity contribution in [3.8, 4) is 0 Å². The van der Waals surface area contributed by atoms with Gasteiger partial charge in [-0.15, -0.1) is 0 Å². The number of likely N-dealkylation sites (tertiary alicyclic amines) is 1. The molecule has 1 saturated heterocycles. The third-order valence-electron chi connectivity index (χ3n) is 4.49. The van der Waals surface area contributed by atoms with Crippen LogP contribution in [0.1, 0.15) is 53.4 Å². The average Bonchev–Trinajstić information content (AvgIpc) is 2.97. The first kappa shape index (κ1) is 16.9. The highest BCUT2D eigenvalue weighted by Gasteiger charge is 2.53. The van der Waals surface area contributed by atoms with Crippen molar-refractivity contribution in [2.75, 3.05) is 6.54 Å². The highest BCUT2D eigenvalue weighted by atomic mass is 19.1. The lowest BCUT2D eigenvalue weighted by atomic mass is 9.85. The highest BCUT2D eigenvalue weighted by Crippen LogP contribution is 2.40. The van der Waals surface area contributed by atoms with Crippen LogP contribution in [0.3, 0.4) is 0 Å². The topological polar surface area (TPSA) is 66.5 Å². The molecule has 1 N–H and O–H groups in total. The van der Waals surface area contributed by atoms with E-state index in [2.05, 4.69) is 5.32 Å². The van der Waals surface area contributed by atoms with Crippen LogP contribution >= 0.6 is 0 Å². The van der Waals surface area contributed by atoms with Crippen LogP contribution in [0, 0.1) is 5.41 Å². The van der Waals surface area contributed by atoms with Crippen LogP contribution in [-0.2, 0) is 14.4 Å². The van der Waals surface area contributed by atoms with Gasteiger partial charge in [-0.1, -0.05) is 20.8 Å². The van der Waals surface area contributed by atoms with Gasteiger partial charge in [0.25, 0.3) is 5.91 Å². The zero-order chi connectivity index (χ0) is 16.7. The minimum Gasteiger partial charge on any atom is -0.341 e. The van der Waals surface area contributed by atoms with Gasteiger partial charge in [0, 0.05) is 6.54 Å². The van der Waals surface area contributed by atoms with Crippen molar-refractivity contribution >= 4 is 17.6 Å². The Morgan fingerprint density at radius 3 is 2.32 bits per heavy atom. The van der Waals surface area contributed by atoms with Gasteiger partial charge >= 0.3 is 0 Å². The van der Waals surface area contributed by atoms with E-state index in [9.17, 15) is 18.8 Å². The van der Waals surface area contributed by atoms with E-state index in [0.29, 0.717) is 13.0 Å². The molecular weight excluding hydrogens is 287 g/mol. The van der Waals surface area contributed by atoms with E-state index in [1.807, 2.05) is 20.8 Å². The molecule has 2 atom stereocenters. The minimum atomic E-state index is -1.81. The number of carbonyl (C=O) groups is 3. The maximum atomic E-state index is 13.9. The molecule has 2 amide bonds. The van der Waals surface area contributed by atoms with Crippen LogP contribution in [0.15, 0.2) is 0 Å². The maximum Gasteiger partial charge on any atom is 0.258 e. The molecule has 5 nitrogen and oxygen atoms in total. The normalized spacial score (nSPS) is 24.8. The van der Waals surface area contributed by atoms with Crippen LogP contribution in [-0.4, -0.2) is 46.8 Å². The van der Waals surface area contributed by atoms with Gasteiger partial charge in [0.15, 0.2) is 11.5 Å². The predicted octanol–water partition coefficient (Wildman–Crippen LogP) is 1.60. The van der Waals surface area contributed by atoms with Gasteiger partial charge in [0.1, 0.15) is 6.04 Å². The lowest BCUT2D eigenvalue weighted by Crippen LogP contribution is -2.58. The Kier molecular flexibility index (Phi) is 4.33. The van der Waals surface area contributed by atoms with Crippen molar-refractivity contribution in [1.82, 2.24) is 10.2 Å². The number of nitrogens with one attached hydrogen (secondary N) is 1. The zero-order valence-corrected chi connectivity index (χ0v) is 13.7. The van der Waals surface area contributed by atoms with Crippen molar-refractivity contribution in [2.45, 2.75) is 71.1 Å². The Bertz CT molecular complexity index is 494. The summed E-state index contributed by atoms with van der Waals surface area (Å²) in [6.07, 6.45) is 1.85. The van der Waals surface area contributed by atoms with E-state index >= 15 is 0 Å². The first-order valence-electron chi connectivity index (χ1n) is 7.87. The van der Waals surface area contributed by atoms with Crippen molar-refractivity contribution in [3.63, 3.8) is 0 Å². The Hall–Kier alpha value is -1.46. The Labute approximate surface area is 130 Å². The summed E-state index contributed by atoms with van der Waals surface area (Å²) >= 11 is 0. The summed E-state index contributed by atoms with van der Waals surface area (Å²) in [5.41, 5.74) is -2.36. The number of halogens is 1. The third-order valence-corrected chi connectivity index (χ3v) is 4.49. The molecule has 2 aliphatic rings. The number of Topliss-reactive ketones (excluding diaryl/α,β-unsaturated/α-hetero) is 1. The van der Waals surface area contributed by atoms with E-state index in [-0.39, 0.29) is 24.5 Å². The predicted molar refractivity (Wildman–Crippen MR) is 79.9 cm³/mol. The van der Waals surface area contributed by atoms with Gasteiger partial charge in [0.05, 0.1) is 6.04 Å². The number of hydrogen-bond donors (Lipinski definition) is 1. The summed E-state index contributed by atoms with van der Waals surface area (Å²) in [6.45, 7) is 7.46. The van der Waals surface area contributed by atoms with Crippen LogP contribution in [0.4, 0.5) is 4.39 Å². The summed E-state index contributed by atoms with van der Waals surface area (Å²) in [6, 6.07) is -1.25. The number of rotatable bonds is 4. The summed E-state index contributed by atoms with van der Waals surface area (Å²) < 4.78 is 13.9. The fourth-order valence-electron chi connectivity index (χ4n) is 2.86. The highest BCUT2D eigenvalue weighted by molar-refractivity contribution is 5.95. The molecular formula is C16H25FN2O3. The van der Waals surface area contributed by atoms with Crippen LogP contribution in [0.2, 0.25) is 0 Å². The van der Waals surface area contributed by atoms with Crippen LogP contribution < -0.4 is 5.32 Å². The van der Waals surface area contributed by atoms with E-state index in [0.717, 1.165) is 6.42 Å². The zero-order valence-electron chi connectivity index (χ0n) is 13.7. The van der Waals surface area contributed by atoms with Crippen molar-refractivity contribution in [3.05, 3.63) is 0 Å². The third kappa shape index (κ3) is 3.31. The lowest BCUT2D eigenvalue weighted by Gasteiger charge is -2.35. The van der Waals surface area contributed by atoms with E-state index in [1.165, 1.54) is 11.8 Å². The monoisotopic (exact) mass is 312 g/mol. The van der Waals surface area contributed by atoms with E-state index in [4.69, 9.17) is 0 Å². The van der Waals surface area contributed by atoms with Gasteiger partial charge in [-0.2, -0.15) is 0 Å². The number of hydrogen-bond acceptors (Lipinski definition) is 3. The maximum absolute atomic E-state index is 13.9. The number of amides is 2. The fourth-order valence-corrected chi connectivity index (χ4v) is 2.86. The molecule has 124 valence electrons. The molecule has 0 aromatic rings. The van der Waals surface area contributed by atoms with Crippen molar-refractivity contribution in [1.29, 1.82) is 0 Å². The van der Waals surface area contributed by atoms with Gasteiger partial charge < -0.3 is 10.2 Å². The fraction of sp³-hybridized carbons (Fsp3) is 0.812. The van der Waals surface area contributed by atoms with E-state index < -0.39 is 29.1 Å².